The third-order valence-corrected chi connectivity index (χ3v) is 17.8. The van der Waals surface area contributed by atoms with Crippen LogP contribution in [0.1, 0.15) is 38.9 Å². The number of hydrogen-bond acceptors (Lipinski definition) is 6. The predicted octanol–water partition coefficient (Wildman–Crippen LogP) is 19.2. The van der Waals surface area contributed by atoms with E-state index in [-0.39, 0.29) is 0 Å². The van der Waals surface area contributed by atoms with Crippen molar-refractivity contribution in [3.8, 4) is 90.5 Å². The van der Waals surface area contributed by atoms with Crippen molar-refractivity contribution in [2.45, 2.75) is 9.74 Å². The number of para-hydroxylation sites is 4. The van der Waals surface area contributed by atoms with Gasteiger partial charge < -0.3 is 29.0 Å². The zero-order chi connectivity index (χ0) is 56.9. The van der Waals surface area contributed by atoms with E-state index < -0.39 is 16.9 Å². The number of fused-ring (bicyclic) bond motifs is 12. The lowest BCUT2D eigenvalue weighted by Crippen LogP contribution is -2.29. The van der Waals surface area contributed by atoms with E-state index in [2.05, 4.69) is 174 Å². The summed E-state index contributed by atoms with van der Waals surface area (Å²) in [4.78, 5) is 0. The van der Waals surface area contributed by atoms with Gasteiger partial charge >= 0.3 is 7.12 Å². The zero-order valence-corrected chi connectivity index (χ0v) is 47.9. The number of alkyl halides is 1. The van der Waals surface area contributed by atoms with E-state index in [0.29, 0.717) is 10.5 Å². The molecule has 0 amide bonds. The maximum atomic E-state index is 8.96. The lowest BCUT2D eigenvalue weighted by molar-refractivity contribution is 0.360. The highest BCUT2D eigenvalue weighted by molar-refractivity contribution is 9.10. The first-order valence-electron chi connectivity index (χ1n) is 27.5. The summed E-state index contributed by atoms with van der Waals surface area (Å²) in [6, 6.07) is 94.0. The molecule has 12 aromatic carbocycles. The van der Waals surface area contributed by atoms with Crippen LogP contribution in [0.2, 0.25) is 10.0 Å². The van der Waals surface area contributed by atoms with Gasteiger partial charge in [0.1, 0.15) is 4.32 Å². The summed E-state index contributed by atoms with van der Waals surface area (Å²) in [6.07, 6.45) is 0. The molecule has 6 nitrogen and oxygen atoms in total. The summed E-state index contributed by atoms with van der Waals surface area (Å²) in [6.45, 7) is 0. The Kier molecular flexibility index (Phi) is 13.8. The fourth-order valence-corrected chi connectivity index (χ4v) is 13.3. The quantitative estimate of drug-likeness (QED) is 0.128. The fourth-order valence-electron chi connectivity index (χ4n) is 12.1. The summed E-state index contributed by atoms with van der Waals surface area (Å²) < 4.78 is 25.0. The molecule has 84 heavy (non-hydrogen) atoms. The maximum Gasteiger partial charge on any atom is 0.488 e. The Morgan fingerprint density at radius 2 is 0.679 bits per heavy atom. The molecule has 10 heteroatoms. The van der Waals surface area contributed by atoms with Crippen LogP contribution < -0.4 is 24.4 Å². The van der Waals surface area contributed by atoms with Gasteiger partial charge in [-0.2, -0.15) is 0 Å². The summed E-state index contributed by atoms with van der Waals surface area (Å²) >= 11 is 16.1. The van der Waals surface area contributed by atoms with E-state index in [9.17, 15) is 0 Å². The Morgan fingerprint density at radius 3 is 1.18 bits per heavy atom. The number of rotatable bonds is 6. The highest BCUT2D eigenvalue weighted by atomic mass is 79.9. The van der Waals surface area contributed by atoms with Crippen molar-refractivity contribution in [3.05, 3.63) is 328 Å². The molecular formula is C74H48BBrCl2O6. The maximum absolute atomic E-state index is 8.96. The predicted molar refractivity (Wildman–Crippen MR) is 341 cm³/mol. The summed E-state index contributed by atoms with van der Waals surface area (Å²) in [7, 11) is -1.42. The molecule has 4 aliphatic rings. The Hall–Kier alpha value is -9.12. The number of hydrogen-bond donors (Lipinski definition) is 2. The average Bonchev–Trinajstić information content (AvgIpc) is 1.78. The van der Waals surface area contributed by atoms with E-state index in [4.69, 9.17) is 52.2 Å². The van der Waals surface area contributed by atoms with Gasteiger partial charge in [-0.15, -0.1) is 0 Å². The molecule has 404 valence electrons. The molecular weight excluding hydrogens is 1150 g/mol. The van der Waals surface area contributed by atoms with Gasteiger partial charge in [0.25, 0.3) is 0 Å². The molecule has 0 fully saturated rings. The van der Waals surface area contributed by atoms with Crippen molar-refractivity contribution in [1.29, 1.82) is 0 Å². The average molecular weight is 1190 g/mol. The lowest BCUT2D eigenvalue weighted by atomic mass is 9.67. The Labute approximate surface area is 505 Å². The first-order valence-corrected chi connectivity index (χ1v) is 29.0. The Morgan fingerprint density at radius 1 is 0.310 bits per heavy atom. The molecule has 2 heterocycles. The van der Waals surface area contributed by atoms with E-state index >= 15 is 0 Å². The smallest absolute Gasteiger partial charge is 0.449 e. The molecule has 0 spiro atoms. The largest absolute Gasteiger partial charge is 0.488 e. The van der Waals surface area contributed by atoms with Crippen LogP contribution in [0.25, 0.3) is 44.5 Å². The second kappa shape index (κ2) is 21.9. The van der Waals surface area contributed by atoms with Gasteiger partial charge in [-0.25, -0.2) is 0 Å². The van der Waals surface area contributed by atoms with Crippen molar-refractivity contribution in [1.82, 2.24) is 0 Å². The van der Waals surface area contributed by atoms with Crippen molar-refractivity contribution < 1.29 is 29.0 Å². The molecule has 2 unspecified atom stereocenters. The van der Waals surface area contributed by atoms with Crippen LogP contribution in [0.15, 0.2) is 279 Å². The first-order chi connectivity index (χ1) is 41.2. The van der Waals surface area contributed by atoms with Crippen LogP contribution in [0.4, 0.5) is 0 Å². The van der Waals surface area contributed by atoms with Gasteiger partial charge in [-0.1, -0.05) is 258 Å². The molecule has 16 rings (SSSR count). The van der Waals surface area contributed by atoms with Crippen molar-refractivity contribution in [2.75, 3.05) is 0 Å². The minimum absolute atomic E-state index is 0.421. The normalized spacial score (nSPS) is 15.7. The minimum Gasteiger partial charge on any atom is -0.449 e. The van der Waals surface area contributed by atoms with Gasteiger partial charge in [0.05, 0.1) is 5.41 Å². The zero-order valence-electron chi connectivity index (χ0n) is 44.8. The molecule has 0 bridgehead atoms. The van der Waals surface area contributed by atoms with Gasteiger partial charge in [0, 0.05) is 21.2 Å². The fraction of sp³-hybridized carbons (Fsp3) is 0.0270. The molecule has 12 aromatic rings. The molecule has 2 atom stereocenters. The molecule has 2 N–H and O–H groups in total. The SMILES string of the molecule is BrC1(c2ccccc2)c2ccccc2-c2c1ccc1c2Oc2ccccc2O1.Clc1ccc(-c2ccc(C3(c4ccccc4)c4ccccc4-c4c3ccc3c4Oc4ccccc4O3)cc2)cc1.OB(O)c1ccc(-c2ccc(Cl)cc2)cc1. The summed E-state index contributed by atoms with van der Waals surface area (Å²) in [5, 5.41) is 19.4. The number of ether oxygens (including phenoxy) is 4. The van der Waals surface area contributed by atoms with Gasteiger partial charge in [-0.05, 0) is 138 Å². The Balaban J connectivity index is 0.000000123. The van der Waals surface area contributed by atoms with Gasteiger partial charge in [0.15, 0.2) is 46.0 Å². The third kappa shape index (κ3) is 9.15. The van der Waals surface area contributed by atoms with Crippen molar-refractivity contribution in [2.24, 2.45) is 0 Å². The molecule has 0 radical (unpaired) electrons. The van der Waals surface area contributed by atoms with E-state index in [1.165, 1.54) is 38.9 Å². The van der Waals surface area contributed by atoms with E-state index in [1.807, 2.05) is 109 Å². The monoisotopic (exact) mass is 1190 g/mol. The first kappa shape index (κ1) is 52.9. The van der Waals surface area contributed by atoms with Crippen LogP contribution in [-0.2, 0) is 9.74 Å². The van der Waals surface area contributed by atoms with Crippen molar-refractivity contribution in [3.63, 3.8) is 0 Å². The molecule has 2 aliphatic carbocycles. The van der Waals surface area contributed by atoms with Crippen LogP contribution in [-0.4, -0.2) is 17.2 Å². The summed E-state index contributed by atoms with van der Waals surface area (Å²) in [5.41, 5.74) is 17.2. The van der Waals surface area contributed by atoms with Gasteiger partial charge in [-0.3, -0.25) is 0 Å². The van der Waals surface area contributed by atoms with Crippen LogP contribution in [0.3, 0.4) is 0 Å². The standard InChI is InChI=1S/C37H23ClO2.C25H15BrO2.C12H10BClO2/c38-28-20-16-25(17-21-28)24-14-18-27(19-15-24)37(26-8-2-1-3-9-26)30-11-5-4-10-29(30)35-31(37)22-23-34-36(35)40-33-13-7-6-12-32(33)39-34;26-25(16-8-2-1-3-9-16)18-11-5-4-10-17(18)23-19(25)14-15-22-24(23)28-21-13-7-6-12-20(21)27-22;14-12-7-3-10(4-8-12)9-1-5-11(6-2-9)13(15)16/h1-23H;1-15H;1-8,15-16H. The van der Waals surface area contributed by atoms with Crippen molar-refractivity contribution >= 4 is 51.7 Å². The van der Waals surface area contributed by atoms with E-state index in [0.717, 1.165) is 95.5 Å². The van der Waals surface area contributed by atoms with Crippen LogP contribution in [0, 0.1) is 0 Å². The molecule has 0 aromatic heterocycles. The van der Waals surface area contributed by atoms with Crippen LogP contribution in [0.5, 0.6) is 46.0 Å². The van der Waals surface area contributed by atoms with Crippen LogP contribution >= 0.6 is 39.1 Å². The second-order valence-electron chi connectivity index (χ2n) is 20.8. The lowest BCUT2D eigenvalue weighted by Gasteiger charge is -2.34. The molecule has 0 saturated heterocycles. The Bertz CT molecular complexity index is 4430. The minimum atomic E-state index is -1.42. The highest BCUT2D eigenvalue weighted by Crippen LogP contribution is 2.64. The molecule has 0 saturated carbocycles. The second-order valence-corrected chi connectivity index (χ2v) is 22.8. The molecule has 2 aliphatic heterocycles. The third-order valence-electron chi connectivity index (χ3n) is 16.0. The highest BCUT2D eigenvalue weighted by Gasteiger charge is 2.49. The number of benzene rings is 12. The number of halogens is 3. The van der Waals surface area contributed by atoms with E-state index in [1.54, 1.807) is 12.1 Å². The summed E-state index contributed by atoms with van der Waals surface area (Å²) in [5.74, 6) is 5.97. The topological polar surface area (TPSA) is 77.4 Å². The van der Waals surface area contributed by atoms with Gasteiger partial charge in [0.2, 0.25) is 0 Å².